The number of fused-ring (bicyclic) bond motifs is 2. The van der Waals surface area contributed by atoms with Gasteiger partial charge in [0.15, 0.2) is 0 Å². The summed E-state index contributed by atoms with van der Waals surface area (Å²) in [6.45, 7) is 1.31. The van der Waals surface area contributed by atoms with Gasteiger partial charge in [-0.05, 0) is 6.42 Å². The summed E-state index contributed by atoms with van der Waals surface area (Å²) in [7, 11) is 1.52. The molecule has 0 amide bonds. The molecule has 2 rings (SSSR count). The minimum atomic E-state index is -4.00. The van der Waals surface area contributed by atoms with Crippen LogP contribution in [0.2, 0.25) is 11.1 Å². The van der Waals surface area contributed by atoms with Gasteiger partial charge in [0.25, 0.3) is 0 Å². The summed E-state index contributed by atoms with van der Waals surface area (Å²) in [4.78, 5) is 0. The summed E-state index contributed by atoms with van der Waals surface area (Å²) in [5.41, 5.74) is 0. The number of rotatable bonds is 11. The van der Waals surface area contributed by atoms with E-state index in [-0.39, 0.29) is 0 Å². The Morgan fingerprint density at radius 1 is 0.880 bits per heavy atom. The lowest BCUT2D eigenvalue weighted by molar-refractivity contribution is -0.171. The van der Waals surface area contributed by atoms with Gasteiger partial charge in [-0.2, -0.15) is 13.2 Å². The second-order valence-electron chi connectivity index (χ2n) is 9.16. The summed E-state index contributed by atoms with van der Waals surface area (Å²) in [5, 5.41) is 0.719. The van der Waals surface area contributed by atoms with Crippen molar-refractivity contribution in [3.05, 3.63) is 0 Å². The molecular weight excluding hydrogens is 320 g/mol. The third-order valence-corrected chi connectivity index (χ3v) is 7.01. The SMILES string of the molecule is CC(CCCCCCCCCCC12BC(CCC1)CCC2)C(F)(F)F. The first-order chi connectivity index (χ1) is 11.9. The van der Waals surface area contributed by atoms with E-state index < -0.39 is 12.1 Å². The molecule has 4 heteroatoms. The minimum absolute atomic E-state index is 0.298. The van der Waals surface area contributed by atoms with Crippen LogP contribution in [0, 0.1) is 5.92 Å². The summed E-state index contributed by atoms with van der Waals surface area (Å²) >= 11 is 0. The number of hydrogen-bond acceptors (Lipinski definition) is 0. The zero-order valence-electron chi connectivity index (χ0n) is 16.3. The molecule has 0 aliphatic carbocycles. The van der Waals surface area contributed by atoms with Gasteiger partial charge in [-0.1, -0.05) is 114 Å². The summed E-state index contributed by atoms with van der Waals surface area (Å²) in [5.74, 6) is -0.0892. The van der Waals surface area contributed by atoms with Gasteiger partial charge in [-0.25, -0.2) is 0 Å². The zero-order valence-corrected chi connectivity index (χ0v) is 16.3. The molecule has 2 saturated heterocycles. The highest BCUT2D eigenvalue weighted by Gasteiger charge is 2.39. The zero-order chi connectivity index (χ0) is 18.2. The van der Waals surface area contributed by atoms with Gasteiger partial charge in [-0.15, -0.1) is 0 Å². The van der Waals surface area contributed by atoms with E-state index in [0.717, 1.165) is 30.4 Å². The van der Waals surface area contributed by atoms with Gasteiger partial charge in [0, 0.05) is 0 Å². The molecule has 146 valence electrons. The monoisotopic (exact) mass is 358 g/mol. The van der Waals surface area contributed by atoms with Crippen molar-refractivity contribution < 1.29 is 13.2 Å². The fraction of sp³-hybridized carbons (Fsp3) is 1.00. The number of halogens is 3. The van der Waals surface area contributed by atoms with E-state index >= 15 is 0 Å². The molecule has 1 atom stereocenters. The molecule has 0 N–H and O–H groups in total. The van der Waals surface area contributed by atoms with E-state index in [1.807, 2.05) is 0 Å². The molecule has 2 bridgehead atoms. The maximum atomic E-state index is 12.4. The Balaban J connectivity index is 1.41. The predicted octanol–water partition coefficient (Wildman–Crippen LogP) is 7.84. The minimum Gasteiger partial charge on any atom is -0.171 e. The molecule has 0 aromatic rings. The van der Waals surface area contributed by atoms with Crippen LogP contribution in [0.5, 0.6) is 0 Å². The first-order valence-electron chi connectivity index (χ1n) is 11.0. The molecule has 25 heavy (non-hydrogen) atoms. The topological polar surface area (TPSA) is 0 Å². The smallest absolute Gasteiger partial charge is 0.171 e. The Morgan fingerprint density at radius 3 is 1.96 bits per heavy atom. The first-order valence-corrected chi connectivity index (χ1v) is 11.0. The fourth-order valence-electron chi connectivity index (χ4n) is 5.35. The molecule has 0 aromatic heterocycles. The third kappa shape index (κ3) is 7.55. The van der Waals surface area contributed by atoms with Crippen LogP contribution >= 0.6 is 0 Å². The van der Waals surface area contributed by atoms with Crippen LogP contribution < -0.4 is 0 Å². The highest BCUT2D eigenvalue weighted by Crippen LogP contribution is 2.54. The Labute approximate surface area is 154 Å². The summed E-state index contributed by atoms with van der Waals surface area (Å²) in [6.07, 6.45) is 16.0. The van der Waals surface area contributed by atoms with Crippen molar-refractivity contribution >= 4 is 7.28 Å². The second kappa shape index (κ2) is 10.3. The lowest BCUT2D eigenvalue weighted by Gasteiger charge is -2.44. The molecule has 0 saturated carbocycles. The van der Waals surface area contributed by atoms with Crippen molar-refractivity contribution in [3.8, 4) is 0 Å². The average Bonchev–Trinajstić information content (AvgIpc) is 2.55. The van der Waals surface area contributed by atoms with Crippen molar-refractivity contribution in [1.82, 2.24) is 0 Å². The number of alkyl halides is 3. The van der Waals surface area contributed by atoms with Crippen molar-refractivity contribution in [3.63, 3.8) is 0 Å². The number of hydrogen-bond donors (Lipinski definition) is 0. The van der Waals surface area contributed by atoms with Crippen LogP contribution in [0.3, 0.4) is 0 Å². The van der Waals surface area contributed by atoms with Crippen LogP contribution in [-0.4, -0.2) is 13.5 Å². The summed E-state index contributed by atoms with van der Waals surface area (Å²) < 4.78 is 37.2. The van der Waals surface area contributed by atoms with Crippen molar-refractivity contribution in [1.29, 1.82) is 0 Å². The lowest BCUT2D eigenvalue weighted by Crippen LogP contribution is -2.32. The highest BCUT2D eigenvalue weighted by molar-refractivity contribution is 6.42. The molecule has 2 aliphatic heterocycles. The average molecular weight is 358 g/mol. The van der Waals surface area contributed by atoms with Gasteiger partial charge in [0.1, 0.15) is 7.28 Å². The fourth-order valence-corrected chi connectivity index (χ4v) is 5.35. The molecule has 1 unspecified atom stereocenters. The Hall–Kier alpha value is -0.145. The third-order valence-electron chi connectivity index (χ3n) is 7.01. The van der Waals surface area contributed by atoms with Crippen molar-refractivity contribution in [2.45, 2.75) is 127 Å². The van der Waals surface area contributed by atoms with Gasteiger partial charge in [-0.3, -0.25) is 0 Å². The molecular formula is C21H38BF3. The van der Waals surface area contributed by atoms with Crippen LogP contribution in [0.4, 0.5) is 13.2 Å². The molecule has 2 fully saturated rings. The molecule has 0 spiro atoms. The Morgan fingerprint density at radius 2 is 1.40 bits per heavy atom. The largest absolute Gasteiger partial charge is 0.391 e. The maximum Gasteiger partial charge on any atom is 0.391 e. The van der Waals surface area contributed by atoms with Gasteiger partial charge >= 0.3 is 6.18 Å². The second-order valence-corrected chi connectivity index (χ2v) is 9.16. The highest BCUT2D eigenvalue weighted by atomic mass is 19.4. The van der Waals surface area contributed by atoms with E-state index in [1.54, 1.807) is 0 Å². The Kier molecular flexibility index (Phi) is 8.68. The molecule has 0 nitrogen and oxygen atoms in total. The van der Waals surface area contributed by atoms with Crippen molar-refractivity contribution in [2.75, 3.05) is 0 Å². The molecule has 0 radical (unpaired) electrons. The van der Waals surface area contributed by atoms with Crippen molar-refractivity contribution in [2.24, 2.45) is 5.92 Å². The number of unbranched alkanes of at least 4 members (excludes halogenated alkanes) is 7. The van der Waals surface area contributed by atoms with E-state index in [9.17, 15) is 13.2 Å². The van der Waals surface area contributed by atoms with Gasteiger partial charge in [0.2, 0.25) is 0 Å². The van der Waals surface area contributed by atoms with E-state index in [4.69, 9.17) is 0 Å². The van der Waals surface area contributed by atoms with Crippen LogP contribution in [0.25, 0.3) is 0 Å². The van der Waals surface area contributed by atoms with Crippen LogP contribution in [-0.2, 0) is 0 Å². The van der Waals surface area contributed by atoms with Gasteiger partial charge < -0.3 is 0 Å². The first kappa shape index (κ1) is 21.2. The lowest BCUT2D eigenvalue weighted by atomic mass is 9.35. The van der Waals surface area contributed by atoms with Crippen LogP contribution in [0.15, 0.2) is 0 Å². The van der Waals surface area contributed by atoms with E-state index in [2.05, 4.69) is 0 Å². The quantitative estimate of drug-likeness (QED) is 0.261. The molecule has 2 aliphatic rings. The molecule has 2 heterocycles. The standard InChI is InChI=1S/C21H38BF3/c1-18(21(23,24)25)12-8-6-4-2-3-5-7-9-15-20-16-10-13-19(22-20)14-11-17-20/h18-19,22H,2-17H2,1H3. The van der Waals surface area contributed by atoms with Gasteiger partial charge in [0.05, 0.1) is 5.92 Å². The van der Waals surface area contributed by atoms with Crippen LogP contribution in [0.1, 0.15) is 110 Å². The Bertz CT molecular complexity index is 357. The maximum absolute atomic E-state index is 12.4. The van der Waals surface area contributed by atoms with E-state index in [0.29, 0.717) is 6.42 Å². The molecule has 0 aromatic carbocycles. The predicted molar refractivity (Wildman–Crippen MR) is 103 cm³/mol. The normalized spacial score (nSPS) is 27.8. The summed E-state index contributed by atoms with van der Waals surface area (Å²) in [6, 6.07) is 0. The van der Waals surface area contributed by atoms with E-state index in [1.165, 1.54) is 91.3 Å².